The maximum Gasteiger partial charge on any atom is 0.217 e. The van der Waals surface area contributed by atoms with Crippen LogP contribution < -0.4 is 5.32 Å². The van der Waals surface area contributed by atoms with Crippen molar-refractivity contribution in [2.45, 2.75) is 19.1 Å². The van der Waals surface area contributed by atoms with E-state index in [-0.39, 0.29) is 18.1 Å². The third kappa shape index (κ3) is 3.93. The zero-order valence-corrected chi connectivity index (χ0v) is 12.0. The zero-order chi connectivity index (χ0) is 13.8. The fraction of sp³-hybridized carbons (Fsp3) is 0.500. The van der Waals surface area contributed by atoms with Gasteiger partial charge in [0.05, 0.1) is 18.8 Å². The van der Waals surface area contributed by atoms with Crippen LogP contribution in [0.1, 0.15) is 18.5 Å². The molecule has 1 amide bonds. The van der Waals surface area contributed by atoms with Crippen LogP contribution in [0.2, 0.25) is 5.02 Å². The molecule has 104 valence electrons. The second-order valence-corrected chi connectivity index (χ2v) is 5.34. The zero-order valence-electron chi connectivity index (χ0n) is 11.2. The molecule has 1 heterocycles. The van der Waals surface area contributed by atoms with Crippen molar-refractivity contribution in [3.05, 3.63) is 34.9 Å². The summed E-state index contributed by atoms with van der Waals surface area (Å²) in [6.45, 7) is 3.93. The molecule has 0 spiro atoms. The van der Waals surface area contributed by atoms with Crippen molar-refractivity contribution in [3.63, 3.8) is 0 Å². The van der Waals surface area contributed by atoms with E-state index in [9.17, 15) is 4.79 Å². The van der Waals surface area contributed by atoms with Gasteiger partial charge in [-0.3, -0.25) is 4.79 Å². The van der Waals surface area contributed by atoms with Crippen molar-refractivity contribution >= 4 is 17.5 Å². The summed E-state index contributed by atoms with van der Waals surface area (Å²) in [5, 5.41) is 3.66. The number of nitrogens with one attached hydrogen (secondary N) is 1. The van der Waals surface area contributed by atoms with Crippen molar-refractivity contribution in [1.29, 1.82) is 0 Å². The first-order valence-electron chi connectivity index (χ1n) is 6.39. The molecule has 1 fully saturated rings. The van der Waals surface area contributed by atoms with Crippen LogP contribution in [-0.4, -0.2) is 43.7 Å². The summed E-state index contributed by atoms with van der Waals surface area (Å²) in [5.74, 6) is -0.0585. The minimum Gasteiger partial charge on any atom is -0.373 e. The minimum atomic E-state index is -0.141. The van der Waals surface area contributed by atoms with Gasteiger partial charge in [-0.05, 0) is 24.7 Å². The number of morpholine rings is 1. The summed E-state index contributed by atoms with van der Waals surface area (Å²) in [4.78, 5) is 13.6. The standard InChI is InChI=1S/C14H19ClN2O2/c1-10(18)16-14(11-3-5-12(15)6-4-11)13-9-17(2)7-8-19-13/h3-6,13-14H,7-9H2,1-2H3,(H,16,18). The average molecular weight is 283 g/mol. The molecule has 1 aliphatic rings. The Balaban J connectivity index is 2.19. The Kier molecular flexibility index (Phi) is 4.80. The summed E-state index contributed by atoms with van der Waals surface area (Å²) < 4.78 is 5.81. The van der Waals surface area contributed by atoms with Crippen LogP contribution in [-0.2, 0) is 9.53 Å². The normalized spacial score (nSPS) is 21.9. The van der Waals surface area contributed by atoms with Gasteiger partial charge in [0, 0.05) is 25.0 Å². The molecular formula is C14H19ClN2O2. The Bertz CT molecular complexity index is 436. The van der Waals surface area contributed by atoms with E-state index >= 15 is 0 Å². The van der Waals surface area contributed by atoms with Gasteiger partial charge in [-0.15, -0.1) is 0 Å². The third-order valence-electron chi connectivity index (χ3n) is 3.26. The van der Waals surface area contributed by atoms with Crippen LogP contribution in [0.3, 0.4) is 0 Å². The Labute approximate surface area is 118 Å². The molecular weight excluding hydrogens is 264 g/mol. The predicted octanol–water partition coefficient (Wildman–Crippen LogP) is 1.85. The van der Waals surface area contributed by atoms with Gasteiger partial charge in [0.1, 0.15) is 0 Å². The summed E-state index contributed by atoms with van der Waals surface area (Å²) in [7, 11) is 2.06. The second kappa shape index (κ2) is 6.37. The highest BCUT2D eigenvalue weighted by Crippen LogP contribution is 2.23. The number of rotatable bonds is 3. The number of likely N-dealkylation sites (N-methyl/N-ethyl adjacent to an activating group) is 1. The van der Waals surface area contributed by atoms with E-state index in [1.54, 1.807) is 0 Å². The van der Waals surface area contributed by atoms with Crippen LogP contribution in [0.4, 0.5) is 0 Å². The lowest BCUT2D eigenvalue weighted by atomic mass is 10.00. The van der Waals surface area contributed by atoms with E-state index in [2.05, 4.69) is 17.3 Å². The summed E-state index contributed by atoms with van der Waals surface area (Å²) in [6, 6.07) is 7.38. The molecule has 0 radical (unpaired) electrons. The van der Waals surface area contributed by atoms with E-state index in [4.69, 9.17) is 16.3 Å². The lowest BCUT2D eigenvalue weighted by molar-refractivity contribution is -0.122. The van der Waals surface area contributed by atoms with Crippen LogP contribution in [0.5, 0.6) is 0 Å². The number of ether oxygens (including phenoxy) is 1. The van der Waals surface area contributed by atoms with Crippen LogP contribution >= 0.6 is 11.6 Å². The fourth-order valence-electron chi connectivity index (χ4n) is 2.29. The lowest BCUT2D eigenvalue weighted by Gasteiger charge is -2.35. The van der Waals surface area contributed by atoms with E-state index in [1.807, 2.05) is 24.3 Å². The molecule has 19 heavy (non-hydrogen) atoms. The molecule has 2 unspecified atom stereocenters. The molecule has 1 aromatic rings. The molecule has 1 saturated heterocycles. The number of nitrogens with zero attached hydrogens (tertiary/aromatic N) is 1. The Morgan fingerprint density at radius 1 is 1.47 bits per heavy atom. The molecule has 0 bridgehead atoms. The first kappa shape index (κ1) is 14.3. The van der Waals surface area contributed by atoms with Gasteiger partial charge in [-0.2, -0.15) is 0 Å². The van der Waals surface area contributed by atoms with Crippen molar-refractivity contribution < 1.29 is 9.53 Å². The van der Waals surface area contributed by atoms with E-state index in [0.29, 0.717) is 11.6 Å². The van der Waals surface area contributed by atoms with Crippen LogP contribution in [0.15, 0.2) is 24.3 Å². The van der Waals surface area contributed by atoms with E-state index in [1.165, 1.54) is 6.92 Å². The molecule has 2 rings (SSSR count). The number of carbonyl (C=O) groups excluding carboxylic acids is 1. The molecule has 4 nitrogen and oxygen atoms in total. The molecule has 0 saturated carbocycles. The number of carbonyl (C=O) groups is 1. The Morgan fingerprint density at radius 3 is 2.74 bits per heavy atom. The van der Waals surface area contributed by atoms with Crippen molar-refractivity contribution in [3.8, 4) is 0 Å². The van der Waals surface area contributed by atoms with E-state index < -0.39 is 0 Å². The van der Waals surface area contributed by atoms with Gasteiger partial charge < -0.3 is 15.0 Å². The maximum atomic E-state index is 11.4. The fourth-order valence-corrected chi connectivity index (χ4v) is 2.42. The molecule has 2 atom stereocenters. The number of benzene rings is 1. The van der Waals surface area contributed by atoms with Gasteiger partial charge in [-0.1, -0.05) is 23.7 Å². The monoisotopic (exact) mass is 282 g/mol. The number of amides is 1. The summed E-state index contributed by atoms with van der Waals surface area (Å²) in [5.41, 5.74) is 1.01. The van der Waals surface area contributed by atoms with Crippen molar-refractivity contribution in [1.82, 2.24) is 10.2 Å². The predicted molar refractivity (Wildman–Crippen MR) is 75.2 cm³/mol. The van der Waals surface area contributed by atoms with Crippen molar-refractivity contribution in [2.75, 3.05) is 26.7 Å². The van der Waals surface area contributed by atoms with Gasteiger partial charge in [0.25, 0.3) is 0 Å². The molecule has 5 heteroatoms. The number of halogens is 1. The summed E-state index contributed by atoms with van der Waals surface area (Å²) in [6.07, 6.45) is -0.0381. The first-order chi connectivity index (χ1) is 9.06. The van der Waals surface area contributed by atoms with Gasteiger partial charge in [-0.25, -0.2) is 0 Å². The van der Waals surface area contributed by atoms with Gasteiger partial charge in [0.15, 0.2) is 0 Å². The molecule has 1 N–H and O–H groups in total. The lowest BCUT2D eigenvalue weighted by Crippen LogP contribution is -2.47. The topological polar surface area (TPSA) is 41.6 Å². The highest BCUT2D eigenvalue weighted by molar-refractivity contribution is 6.30. The minimum absolute atomic E-state index is 0.0381. The van der Waals surface area contributed by atoms with Crippen molar-refractivity contribution in [2.24, 2.45) is 0 Å². The second-order valence-electron chi connectivity index (χ2n) is 4.90. The molecule has 1 aromatic carbocycles. The van der Waals surface area contributed by atoms with Gasteiger partial charge >= 0.3 is 0 Å². The Hall–Kier alpha value is -1.10. The third-order valence-corrected chi connectivity index (χ3v) is 3.51. The number of hydrogen-bond acceptors (Lipinski definition) is 3. The highest BCUT2D eigenvalue weighted by Gasteiger charge is 2.28. The van der Waals surface area contributed by atoms with Crippen LogP contribution in [0.25, 0.3) is 0 Å². The maximum absolute atomic E-state index is 11.4. The van der Waals surface area contributed by atoms with E-state index in [0.717, 1.165) is 18.7 Å². The number of hydrogen-bond donors (Lipinski definition) is 1. The molecule has 1 aliphatic heterocycles. The van der Waals surface area contributed by atoms with Gasteiger partial charge in [0.2, 0.25) is 5.91 Å². The molecule has 0 aliphatic carbocycles. The summed E-state index contributed by atoms with van der Waals surface area (Å²) >= 11 is 5.90. The highest BCUT2D eigenvalue weighted by atomic mass is 35.5. The average Bonchev–Trinajstić information content (AvgIpc) is 2.37. The largest absolute Gasteiger partial charge is 0.373 e. The smallest absolute Gasteiger partial charge is 0.217 e. The SMILES string of the molecule is CC(=O)NC(c1ccc(Cl)cc1)C1CN(C)CCO1. The Morgan fingerprint density at radius 2 is 2.16 bits per heavy atom. The van der Waals surface area contributed by atoms with Crippen LogP contribution in [0, 0.1) is 0 Å². The quantitative estimate of drug-likeness (QED) is 0.920. The first-order valence-corrected chi connectivity index (χ1v) is 6.77. The molecule has 0 aromatic heterocycles.